The molecule has 7 nitrogen and oxygen atoms in total. The summed E-state index contributed by atoms with van der Waals surface area (Å²) in [6.45, 7) is 5.25. The van der Waals surface area contributed by atoms with Crippen LogP contribution in [-0.4, -0.2) is 35.9 Å². The Morgan fingerprint density at radius 2 is 1.93 bits per heavy atom. The molecule has 0 spiro atoms. The summed E-state index contributed by atoms with van der Waals surface area (Å²) in [6, 6.07) is 12.3. The van der Waals surface area contributed by atoms with Crippen LogP contribution < -0.4 is 10.3 Å². The number of halogens is 1. The lowest BCUT2D eigenvalue weighted by atomic mass is 10.1. The highest BCUT2D eigenvalue weighted by molar-refractivity contribution is 7.99. The Bertz CT molecular complexity index is 871. The van der Waals surface area contributed by atoms with Crippen molar-refractivity contribution < 1.29 is 9.72 Å². The summed E-state index contributed by atoms with van der Waals surface area (Å²) in [4.78, 5) is 25.8. The first-order chi connectivity index (χ1) is 13.9. The second-order valence-electron chi connectivity index (χ2n) is 6.02. The maximum atomic E-state index is 11.9. The monoisotopic (exact) mass is 434 g/mol. The van der Waals surface area contributed by atoms with Crippen molar-refractivity contribution in [3.8, 4) is 0 Å². The molecule has 0 bridgehead atoms. The molecule has 9 heteroatoms. The topological polar surface area (TPSA) is 87.8 Å². The fourth-order valence-electron chi connectivity index (χ4n) is 2.63. The zero-order valence-corrected chi connectivity index (χ0v) is 17.9. The van der Waals surface area contributed by atoms with E-state index >= 15 is 0 Å². The quantitative estimate of drug-likeness (QED) is 0.253. The highest BCUT2D eigenvalue weighted by atomic mass is 35.5. The van der Waals surface area contributed by atoms with Crippen LogP contribution in [0.1, 0.15) is 25.8 Å². The van der Waals surface area contributed by atoms with Gasteiger partial charge in [-0.05, 0) is 44.2 Å². The molecule has 0 unspecified atom stereocenters. The van der Waals surface area contributed by atoms with E-state index in [-0.39, 0.29) is 11.6 Å². The molecule has 29 heavy (non-hydrogen) atoms. The largest absolute Gasteiger partial charge is 0.367 e. The summed E-state index contributed by atoms with van der Waals surface area (Å²) >= 11 is 7.39. The van der Waals surface area contributed by atoms with Crippen molar-refractivity contribution >= 4 is 46.9 Å². The SMILES string of the molecule is CCN(CC)c1ccc(C=NNC(=O)CCSc2ccc(Cl)cc2)cc1[N+](=O)[O-]. The number of carbonyl (C=O) groups is 1. The number of anilines is 1. The lowest BCUT2D eigenvalue weighted by Gasteiger charge is -2.20. The molecular weight excluding hydrogens is 412 g/mol. The van der Waals surface area contributed by atoms with Gasteiger partial charge in [0.25, 0.3) is 5.69 Å². The van der Waals surface area contributed by atoms with E-state index in [0.717, 1.165) is 4.90 Å². The van der Waals surface area contributed by atoms with Crippen molar-refractivity contribution in [2.75, 3.05) is 23.7 Å². The molecule has 1 amide bonds. The minimum atomic E-state index is -0.405. The molecule has 0 saturated heterocycles. The van der Waals surface area contributed by atoms with Gasteiger partial charge in [0.1, 0.15) is 5.69 Å². The summed E-state index contributed by atoms with van der Waals surface area (Å²) < 4.78 is 0. The molecule has 0 aliphatic carbocycles. The fourth-order valence-corrected chi connectivity index (χ4v) is 3.60. The van der Waals surface area contributed by atoms with Gasteiger partial charge in [-0.1, -0.05) is 17.7 Å². The van der Waals surface area contributed by atoms with Crippen LogP contribution in [-0.2, 0) is 4.79 Å². The van der Waals surface area contributed by atoms with Gasteiger partial charge in [-0.15, -0.1) is 11.8 Å². The first-order valence-corrected chi connectivity index (χ1v) is 10.5. The number of nitro groups is 1. The highest BCUT2D eigenvalue weighted by Gasteiger charge is 2.18. The minimum absolute atomic E-state index is 0.0170. The Morgan fingerprint density at radius 3 is 2.55 bits per heavy atom. The molecule has 0 aliphatic heterocycles. The van der Waals surface area contributed by atoms with Gasteiger partial charge in [0.05, 0.1) is 11.1 Å². The van der Waals surface area contributed by atoms with Crippen molar-refractivity contribution in [2.24, 2.45) is 5.10 Å². The van der Waals surface area contributed by atoms with Crippen LogP contribution in [0.25, 0.3) is 0 Å². The number of rotatable bonds is 10. The van der Waals surface area contributed by atoms with Crippen LogP contribution in [0.5, 0.6) is 0 Å². The third kappa shape index (κ3) is 7.07. The van der Waals surface area contributed by atoms with E-state index in [1.54, 1.807) is 36.0 Å². The molecule has 0 saturated carbocycles. The van der Waals surface area contributed by atoms with Crippen LogP contribution in [0.3, 0.4) is 0 Å². The van der Waals surface area contributed by atoms with Crippen LogP contribution in [0.4, 0.5) is 11.4 Å². The van der Waals surface area contributed by atoms with E-state index in [2.05, 4.69) is 10.5 Å². The van der Waals surface area contributed by atoms with Gasteiger partial charge in [0.15, 0.2) is 0 Å². The minimum Gasteiger partial charge on any atom is -0.367 e. The maximum absolute atomic E-state index is 11.9. The predicted molar refractivity (Wildman–Crippen MR) is 119 cm³/mol. The van der Waals surface area contributed by atoms with E-state index in [4.69, 9.17) is 11.6 Å². The van der Waals surface area contributed by atoms with Crippen molar-refractivity contribution in [3.63, 3.8) is 0 Å². The molecule has 2 rings (SSSR count). The molecule has 0 heterocycles. The van der Waals surface area contributed by atoms with E-state index in [0.29, 0.717) is 41.5 Å². The number of amides is 1. The molecule has 2 aromatic carbocycles. The Labute approximate surface area is 179 Å². The molecule has 0 radical (unpaired) electrons. The molecular formula is C20H23ClN4O3S. The van der Waals surface area contributed by atoms with Gasteiger partial charge in [-0.25, -0.2) is 5.43 Å². The summed E-state index contributed by atoms with van der Waals surface area (Å²) in [5, 5.41) is 16.0. The number of nitrogens with zero attached hydrogens (tertiary/aromatic N) is 3. The Morgan fingerprint density at radius 1 is 1.24 bits per heavy atom. The predicted octanol–water partition coefficient (Wildman–Crippen LogP) is 4.73. The zero-order chi connectivity index (χ0) is 21.2. The summed E-state index contributed by atoms with van der Waals surface area (Å²) in [6.07, 6.45) is 1.70. The zero-order valence-electron chi connectivity index (χ0n) is 16.3. The van der Waals surface area contributed by atoms with Crippen LogP contribution in [0.2, 0.25) is 5.02 Å². The number of nitrogens with one attached hydrogen (secondary N) is 1. The summed E-state index contributed by atoms with van der Waals surface area (Å²) in [5.74, 6) is 0.379. The number of benzene rings is 2. The van der Waals surface area contributed by atoms with E-state index in [9.17, 15) is 14.9 Å². The molecule has 0 aliphatic rings. The number of hydrogen-bond donors (Lipinski definition) is 1. The van der Waals surface area contributed by atoms with Gasteiger partial charge in [-0.2, -0.15) is 5.10 Å². The smallest absolute Gasteiger partial charge is 0.293 e. The first-order valence-electron chi connectivity index (χ1n) is 9.18. The Balaban J connectivity index is 1.90. The molecule has 0 aromatic heterocycles. The normalized spacial score (nSPS) is 10.9. The average molecular weight is 435 g/mol. The average Bonchev–Trinajstić information content (AvgIpc) is 2.71. The molecule has 1 N–H and O–H groups in total. The van der Waals surface area contributed by atoms with Crippen LogP contribution in [0, 0.1) is 10.1 Å². The van der Waals surface area contributed by atoms with Crippen LogP contribution in [0.15, 0.2) is 52.5 Å². The number of nitro benzene ring substituents is 1. The van der Waals surface area contributed by atoms with Gasteiger partial charge in [-0.3, -0.25) is 14.9 Å². The van der Waals surface area contributed by atoms with Crippen molar-refractivity contribution in [2.45, 2.75) is 25.2 Å². The maximum Gasteiger partial charge on any atom is 0.293 e. The van der Waals surface area contributed by atoms with E-state index in [1.165, 1.54) is 12.3 Å². The summed E-state index contributed by atoms with van der Waals surface area (Å²) in [5.41, 5.74) is 3.58. The standard InChI is InChI=1S/C20H23ClN4O3S/c1-3-24(4-2)18-10-5-15(13-19(18)25(27)28)14-22-23-20(26)11-12-29-17-8-6-16(21)7-9-17/h5-10,13-14H,3-4,11-12H2,1-2H3,(H,23,26). The van der Waals surface area contributed by atoms with Crippen LogP contribution >= 0.6 is 23.4 Å². The molecule has 154 valence electrons. The molecule has 2 aromatic rings. The Kier molecular flexibility index (Phi) is 8.95. The lowest BCUT2D eigenvalue weighted by molar-refractivity contribution is -0.384. The van der Waals surface area contributed by atoms with Crippen molar-refractivity contribution in [1.82, 2.24) is 5.43 Å². The van der Waals surface area contributed by atoms with E-state index in [1.807, 2.05) is 30.9 Å². The lowest BCUT2D eigenvalue weighted by Crippen LogP contribution is -2.22. The second kappa shape index (κ2) is 11.4. The summed E-state index contributed by atoms with van der Waals surface area (Å²) in [7, 11) is 0. The Hall–Kier alpha value is -2.58. The van der Waals surface area contributed by atoms with Gasteiger partial charge in [0, 0.05) is 46.8 Å². The highest BCUT2D eigenvalue weighted by Crippen LogP contribution is 2.28. The molecule has 0 fully saturated rings. The molecule has 0 atom stereocenters. The third-order valence-electron chi connectivity index (χ3n) is 4.11. The number of carbonyl (C=O) groups excluding carboxylic acids is 1. The van der Waals surface area contributed by atoms with E-state index < -0.39 is 4.92 Å². The second-order valence-corrected chi connectivity index (χ2v) is 7.63. The van der Waals surface area contributed by atoms with Crippen molar-refractivity contribution in [1.29, 1.82) is 0 Å². The first kappa shape index (κ1) is 22.7. The van der Waals surface area contributed by atoms with Gasteiger partial charge in [0.2, 0.25) is 5.91 Å². The number of hydrazone groups is 1. The number of hydrogen-bond acceptors (Lipinski definition) is 6. The number of thioether (sulfide) groups is 1. The third-order valence-corrected chi connectivity index (χ3v) is 5.38. The fraction of sp³-hybridized carbons (Fsp3) is 0.300. The van der Waals surface area contributed by atoms with Gasteiger partial charge >= 0.3 is 0 Å². The van der Waals surface area contributed by atoms with Gasteiger partial charge < -0.3 is 4.90 Å². The van der Waals surface area contributed by atoms with Crippen molar-refractivity contribution in [3.05, 3.63) is 63.2 Å².